The van der Waals surface area contributed by atoms with E-state index in [0.717, 1.165) is 31.0 Å². The van der Waals surface area contributed by atoms with Gasteiger partial charge in [-0.1, -0.05) is 32.6 Å². The van der Waals surface area contributed by atoms with Crippen molar-refractivity contribution in [3.05, 3.63) is 0 Å². The Kier molecular flexibility index (Phi) is 4.34. The van der Waals surface area contributed by atoms with Crippen LogP contribution in [-0.2, 0) is 4.79 Å². The maximum atomic E-state index is 10.1. The molecular weight excluding hydrogens is 148 g/mol. The number of unbranched alkanes of at least 4 members (excludes halogenated alkanes) is 2. The lowest BCUT2D eigenvalue weighted by Crippen LogP contribution is -1.85. The molecule has 1 fully saturated rings. The summed E-state index contributed by atoms with van der Waals surface area (Å²) in [6.45, 7) is 2.25. The van der Waals surface area contributed by atoms with Crippen molar-refractivity contribution in [3.8, 4) is 0 Å². The third kappa shape index (κ3) is 3.38. The fourth-order valence-electron chi connectivity index (χ4n) is 1.96. The molecule has 12 heavy (non-hydrogen) atoms. The van der Waals surface area contributed by atoms with Gasteiger partial charge < -0.3 is 4.79 Å². The highest BCUT2D eigenvalue weighted by Gasteiger charge is 2.34. The van der Waals surface area contributed by atoms with E-state index in [4.69, 9.17) is 0 Å². The van der Waals surface area contributed by atoms with Crippen molar-refractivity contribution < 1.29 is 4.79 Å². The molecule has 0 bridgehead atoms. The zero-order valence-corrected chi connectivity index (χ0v) is 8.09. The molecule has 0 heterocycles. The summed E-state index contributed by atoms with van der Waals surface area (Å²) in [6.07, 6.45) is 9.92. The second-order valence-electron chi connectivity index (χ2n) is 4.00. The second kappa shape index (κ2) is 5.34. The standard InChI is InChI=1S/C11H20O/c1-2-3-4-6-10-9-11(10)7-5-8-12/h8,10-11H,2-7,9H2,1H3/t10-,11+/m1/s1. The van der Waals surface area contributed by atoms with Crippen molar-refractivity contribution in [1.82, 2.24) is 0 Å². The third-order valence-corrected chi connectivity index (χ3v) is 2.90. The summed E-state index contributed by atoms with van der Waals surface area (Å²) in [4.78, 5) is 10.1. The monoisotopic (exact) mass is 168 g/mol. The predicted octanol–water partition coefficient (Wildman–Crippen LogP) is 3.18. The molecular formula is C11H20O. The van der Waals surface area contributed by atoms with Crippen molar-refractivity contribution in [2.45, 2.75) is 51.9 Å². The number of rotatable bonds is 7. The van der Waals surface area contributed by atoms with E-state index in [1.54, 1.807) is 0 Å². The van der Waals surface area contributed by atoms with Gasteiger partial charge in [0.1, 0.15) is 6.29 Å². The normalized spacial score (nSPS) is 27.1. The van der Waals surface area contributed by atoms with Crippen LogP contribution in [0.15, 0.2) is 0 Å². The smallest absolute Gasteiger partial charge is 0.120 e. The average Bonchev–Trinajstić information content (AvgIpc) is 2.81. The molecule has 0 aromatic heterocycles. The summed E-state index contributed by atoms with van der Waals surface area (Å²) >= 11 is 0. The minimum Gasteiger partial charge on any atom is -0.303 e. The predicted molar refractivity (Wildman–Crippen MR) is 51.0 cm³/mol. The second-order valence-corrected chi connectivity index (χ2v) is 4.00. The van der Waals surface area contributed by atoms with E-state index >= 15 is 0 Å². The highest BCUT2D eigenvalue weighted by atomic mass is 16.1. The van der Waals surface area contributed by atoms with Gasteiger partial charge in [0.15, 0.2) is 0 Å². The van der Waals surface area contributed by atoms with Gasteiger partial charge in [0.25, 0.3) is 0 Å². The van der Waals surface area contributed by atoms with Crippen LogP contribution < -0.4 is 0 Å². The van der Waals surface area contributed by atoms with E-state index in [9.17, 15) is 4.79 Å². The van der Waals surface area contributed by atoms with Gasteiger partial charge >= 0.3 is 0 Å². The zero-order chi connectivity index (χ0) is 8.81. The Bertz CT molecular complexity index is 131. The SMILES string of the molecule is CCCCC[C@@H]1C[C@@H]1CCC=O. The fourth-order valence-corrected chi connectivity index (χ4v) is 1.96. The maximum absolute atomic E-state index is 10.1. The first kappa shape index (κ1) is 9.76. The molecule has 0 aromatic rings. The molecule has 1 aliphatic rings. The molecule has 0 saturated heterocycles. The van der Waals surface area contributed by atoms with Gasteiger partial charge in [-0.25, -0.2) is 0 Å². The summed E-state index contributed by atoms with van der Waals surface area (Å²) in [5, 5.41) is 0. The lowest BCUT2D eigenvalue weighted by Gasteiger charge is -1.97. The van der Waals surface area contributed by atoms with Crippen LogP contribution in [0, 0.1) is 11.8 Å². The van der Waals surface area contributed by atoms with Crippen LogP contribution in [-0.4, -0.2) is 6.29 Å². The number of aldehydes is 1. The van der Waals surface area contributed by atoms with Crippen LogP contribution in [0.3, 0.4) is 0 Å². The largest absolute Gasteiger partial charge is 0.303 e. The molecule has 1 nitrogen and oxygen atoms in total. The molecule has 0 aliphatic heterocycles. The van der Waals surface area contributed by atoms with Gasteiger partial charge in [0.05, 0.1) is 0 Å². The number of carbonyl (C=O) groups is 1. The van der Waals surface area contributed by atoms with Gasteiger partial charge in [-0.3, -0.25) is 0 Å². The van der Waals surface area contributed by atoms with Gasteiger partial charge in [0.2, 0.25) is 0 Å². The van der Waals surface area contributed by atoms with Gasteiger partial charge in [-0.15, -0.1) is 0 Å². The van der Waals surface area contributed by atoms with Crippen LogP contribution in [0.1, 0.15) is 51.9 Å². The molecule has 0 unspecified atom stereocenters. The Balaban J connectivity index is 1.89. The van der Waals surface area contributed by atoms with Crippen molar-refractivity contribution in [2.24, 2.45) is 11.8 Å². The Morgan fingerprint density at radius 3 is 2.67 bits per heavy atom. The van der Waals surface area contributed by atoms with E-state index in [1.165, 1.54) is 32.1 Å². The first-order valence-electron chi connectivity index (χ1n) is 5.32. The highest BCUT2D eigenvalue weighted by Crippen LogP contribution is 2.45. The first-order chi connectivity index (χ1) is 5.88. The fraction of sp³-hybridized carbons (Fsp3) is 0.909. The minimum atomic E-state index is 0.787. The molecule has 1 saturated carbocycles. The quantitative estimate of drug-likeness (QED) is 0.421. The zero-order valence-electron chi connectivity index (χ0n) is 8.09. The molecule has 1 aliphatic carbocycles. The van der Waals surface area contributed by atoms with Crippen LogP contribution in [0.2, 0.25) is 0 Å². The summed E-state index contributed by atoms with van der Waals surface area (Å²) in [5.41, 5.74) is 0. The summed E-state index contributed by atoms with van der Waals surface area (Å²) in [7, 11) is 0. The van der Waals surface area contributed by atoms with Crippen LogP contribution in [0.5, 0.6) is 0 Å². The van der Waals surface area contributed by atoms with E-state index in [0.29, 0.717) is 0 Å². The molecule has 1 rings (SSSR count). The summed E-state index contributed by atoms with van der Waals surface area (Å²) < 4.78 is 0. The minimum absolute atomic E-state index is 0.787. The summed E-state index contributed by atoms with van der Waals surface area (Å²) in [5.74, 6) is 1.89. The molecule has 2 atom stereocenters. The van der Waals surface area contributed by atoms with Crippen molar-refractivity contribution >= 4 is 6.29 Å². The van der Waals surface area contributed by atoms with Crippen molar-refractivity contribution in [1.29, 1.82) is 0 Å². The molecule has 0 radical (unpaired) electrons. The van der Waals surface area contributed by atoms with Gasteiger partial charge in [0, 0.05) is 6.42 Å². The molecule has 70 valence electrons. The van der Waals surface area contributed by atoms with E-state index in [1.807, 2.05) is 0 Å². The van der Waals surface area contributed by atoms with E-state index in [2.05, 4.69) is 6.92 Å². The van der Waals surface area contributed by atoms with E-state index < -0.39 is 0 Å². The van der Waals surface area contributed by atoms with Crippen molar-refractivity contribution in [3.63, 3.8) is 0 Å². The maximum Gasteiger partial charge on any atom is 0.120 e. The van der Waals surface area contributed by atoms with Crippen LogP contribution >= 0.6 is 0 Å². The highest BCUT2D eigenvalue weighted by molar-refractivity contribution is 5.49. The lowest BCUT2D eigenvalue weighted by molar-refractivity contribution is -0.108. The Hall–Kier alpha value is -0.330. The molecule has 0 spiro atoms. The topological polar surface area (TPSA) is 17.1 Å². The number of hydrogen-bond acceptors (Lipinski definition) is 1. The Labute approximate surface area is 75.5 Å². The first-order valence-corrected chi connectivity index (χ1v) is 5.32. The van der Waals surface area contributed by atoms with Gasteiger partial charge in [-0.2, -0.15) is 0 Å². The number of hydrogen-bond donors (Lipinski definition) is 0. The average molecular weight is 168 g/mol. The summed E-state index contributed by atoms with van der Waals surface area (Å²) in [6, 6.07) is 0. The Morgan fingerprint density at radius 1 is 1.25 bits per heavy atom. The third-order valence-electron chi connectivity index (χ3n) is 2.90. The van der Waals surface area contributed by atoms with Crippen LogP contribution in [0.4, 0.5) is 0 Å². The molecule has 0 aromatic carbocycles. The van der Waals surface area contributed by atoms with E-state index in [-0.39, 0.29) is 0 Å². The molecule has 1 heteroatoms. The van der Waals surface area contributed by atoms with Crippen LogP contribution in [0.25, 0.3) is 0 Å². The Morgan fingerprint density at radius 2 is 2.00 bits per heavy atom. The molecule has 0 N–H and O–H groups in total. The number of carbonyl (C=O) groups excluding carboxylic acids is 1. The molecule has 0 amide bonds. The van der Waals surface area contributed by atoms with Gasteiger partial charge in [-0.05, 0) is 24.7 Å². The van der Waals surface area contributed by atoms with Crippen molar-refractivity contribution in [2.75, 3.05) is 0 Å². The lowest BCUT2D eigenvalue weighted by atomic mass is 10.1.